The Balaban J connectivity index is 1.52. The summed E-state index contributed by atoms with van der Waals surface area (Å²) in [7, 11) is 0. The first-order valence-corrected chi connectivity index (χ1v) is 7.83. The molecular weight excluding hydrogens is 278 g/mol. The van der Waals surface area contributed by atoms with Crippen molar-refractivity contribution < 1.29 is 4.79 Å². The van der Waals surface area contributed by atoms with Crippen molar-refractivity contribution in [2.24, 2.45) is 0 Å². The number of nitrogens with one attached hydrogen (secondary N) is 1. The highest BCUT2D eigenvalue weighted by Crippen LogP contribution is 2.21. The predicted molar refractivity (Wildman–Crippen MR) is 81.8 cm³/mol. The van der Waals surface area contributed by atoms with Crippen LogP contribution >= 0.6 is 0 Å². The molecule has 0 saturated carbocycles. The van der Waals surface area contributed by atoms with E-state index in [4.69, 9.17) is 0 Å². The molecule has 0 radical (unpaired) electrons. The van der Waals surface area contributed by atoms with Crippen LogP contribution in [0, 0.1) is 0 Å². The number of hydrogen-bond donors (Lipinski definition) is 1. The van der Waals surface area contributed by atoms with Gasteiger partial charge in [0.2, 0.25) is 0 Å². The maximum Gasteiger partial charge on any atom is 0.276 e. The van der Waals surface area contributed by atoms with Gasteiger partial charge in [0.1, 0.15) is 0 Å². The minimum atomic E-state index is -0.0171. The second-order valence-electron chi connectivity index (χ2n) is 6.03. The highest BCUT2D eigenvalue weighted by molar-refractivity contribution is 5.92. The Morgan fingerprint density at radius 3 is 2.82 bits per heavy atom. The van der Waals surface area contributed by atoms with Crippen LogP contribution in [0.4, 0.5) is 0 Å². The number of amides is 1. The third-order valence-corrected chi connectivity index (χ3v) is 4.51. The number of para-hydroxylation sites is 1. The molecule has 1 amide bonds. The topological polar surface area (TPSA) is 63.1 Å². The molecule has 3 heterocycles. The number of rotatable bonds is 2. The highest BCUT2D eigenvalue weighted by Gasteiger charge is 2.32. The summed E-state index contributed by atoms with van der Waals surface area (Å²) in [5, 5.41) is 12.1. The van der Waals surface area contributed by atoms with Gasteiger partial charge in [-0.1, -0.05) is 18.2 Å². The van der Waals surface area contributed by atoms with Gasteiger partial charge in [-0.25, -0.2) is 0 Å². The molecule has 1 aromatic heterocycles. The molecule has 2 bridgehead atoms. The van der Waals surface area contributed by atoms with Crippen LogP contribution < -0.4 is 5.32 Å². The number of benzene rings is 1. The summed E-state index contributed by atoms with van der Waals surface area (Å²) in [4.78, 5) is 16.1. The van der Waals surface area contributed by atoms with Crippen LogP contribution in [0.25, 0.3) is 5.69 Å². The summed E-state index contributed by atoms with van der Waals surface area (Å²) in [6.07, 6.45) is 4.98. The van der Waals surface area contributed by atoms with Crippen molar-refractivity contribution in [2.75, 3.05) is 13.1 Å². The molecule has 1 aromatic carbocycles. The molecule has 6 heteroatoms. The molecule has 2 aromatic rings. The van der Waals surface area contributed by atoms with Crippen molar-refractivity contribution in [1.82, 2.24) is 25.2 Å². The molecule has 2 fully saturated rings. The van der Waals surface area contributed by atoms with Crippen LogP contribution in [0.15, 0.2) is 36.5 Å². The Kier molecular flexibility index (Phi) is 3.38. The molecule has 1 N–H and O–H groups in total. The smallest absolute Gasteiger partial charge is 0.276 e. The largest absolute Gasteiger partial charge is 0.336 e. The maximum absolute atomic E-state index is 12.7. The molecule has 2 aliphatic rings. The van der Waals surface area contributed by atoms with E-state index in [1.165, 1.54) is 11.2 Å². The van der Waals surface area contributed by atoms with Gasteiger partial charge in [0, 0.05) is 25.2 Å². The van der Waals surface area contributed by atoms with Gasteiger partial charge < -0.3 is 10.2 Å². The summed E-state index contributed by atoms with van der Waals surface area (Å²) < 4.78 is 0. The Morgan fingerprint density at radius 1 is 1.14 bits per heavy atom. The van der Waals surface area contributed by atoms with Gasteiger partial charge in [-0.3, -0.25) is 4.79 Å². The average molecular weight is 297 g/mol. The van der Waals surface area contributed by atoms with Crippen molar-refractivity contribution in [3.8, 4) is 5.69 Å². The van der Waals surface area contributed by atoms with Crippen LogP contribution in [-0.2, 0) is 0 Å². The zero-order valence-electron chi connectivity index (χ0n) is 12.4. The number of carbonyl (C=O) groups excluding carboxylic acids is 1. The quantitative estimate of drug-likeness (QED) is 0.906. The first-order valence-electron chi connectivity index (χ1n) is 7.83. The zero-order chi connectivity index (χ0) is 14.9. The minimum absolute atomic E-state index is 0.0171. The normalized spacial score (nSPS) is 24.3. The monoisotopic (exact) mass is 297 g/mol. The van der Waals surface area contributed by atoms with Crippen LogP contribution in [0.2, 0.25) is 0 Å². The SMILES string of the molecule is O=C(c1cnn(-c2ccccc2)n1)N1CCC2CCC(C1)N2. The lowest BCUT2D eigenvalue weighted by Crippen LogP contribution is -2.39. The Hall–Kier alpha value is -2.21. The Labute approximate surface area is 129 Å². The molecule has 6 nitrogen and oxygen atoms in total. The average Bonchev–Trinajstić information content (AvgIpc) is 3.14. The van der Waals surface area contributed by atoms with E-state index in [1.807, 2.05) is 35.2 Å². The van der Waals surface area contributed by atoms with E-state index in [0.717, 1.165) is 31.6 Å². The fraction of sp³-hybridized carbons (Fsp3) is 0.438. The van der Waals surface area contributed by atoms with E-state index in [1.54, 1.807) is 6.20 Å². The molecule has 4 rings (SSSR count). The lowest BCUT2D eigenvalue weighted by atomic mass is 10.1. The lowest BCUT2D eigenvalue weighted by Gasteiger charge is -2.23. The predicted octanol–water partition coefficient (Wildman–Crippen LogP) is 1.23. The second kappa shape index (κ2) is 5.53. The molecule has 2 aliphatic heterocycles. The fourth-order valence-electron chi connectivity index (χ4n) is 3.34. The standard InChI is InChI=1S/C16H19N5O/c22-16(20-9-8-12-6-7-13(11-20)18-12)15-10-17-21(19-15)14-4-2-1-3-5-14/h1-5,10,12-13,18H,6-9,11H2. The van der Waals surface area contributed by atoms with Crippen LogP contribution in [0.5, 0.6) is 0 Å². The third-order valence-electron chi connectivity index (χ3n) is 4.51. The molecular formula is C16H19N5O. The van der Waals surface area contributed by atoms with E-state index < -0.39 is 0 Å². The molecule has 2 unspecified atom stereocenters. The van der Waals surface area contributed by atoms with Gasteiger partial charge in [0.25, 0.3) is 5.91 Å². The molecule has 22 heavy (non-hydrogen) atoms. The lowest BCUT2D eigenvalue weighted by molar-refractivity contribution is 0.0741. The van der Waals surface area contributed by atoms with E-state index in [9.17, 15) is 4.79 Å². The number of likely N-dealkylation sites (tertiary alicyclic amines) is 1. The zero-order valence-corrected chi connectivity index (χ0v) is 12.4. The van der Waals surface area contributed by atoms with Gasteiger partial charge in [-0.2, -0.15) is 9.90 Å². The number of nitrogens with zero attached hydrogens (tertiary/aromatic N) is 4. The number of fused-ring (bicyclic) bond motifs is 2. The van der Waals surface area contributed by atoms with Gasteiger partial charge >= 0.3 is 0 Å². The molecule has 0 spiro atoms. The number of aromatic nitrogens is 3. The molecule has 2 saturated heterocycles. The summed E-state index contributed by atoms with van der Waals surface area (Å²) in [5.74, 6) is -0.0171. The van der Waals surface area contributed by atoms with E-state index in [-0.39, 0.29) is 5.91 Å². The van der Waals surface area contributed by atoms with Crippen LogP contribution in [-0.4, -0.2) is 51.0 Å². The van der Waals surface area contributed by atoms with Crippen molar-refractivity contribution >= 4 is 5.91 Å². The number of carbonyl (C=O) groups is 1. The van der Waals surface area contributed by atoms with E-state index >= 15 is 0 Å². The van der Waals surface area contributed by atoms with Crippen molar-refractivity contribution in [3.63, 3.8) is 0 Å². The first kappa shape index (κ1) is 13.5. The fourth-order valence-corrected chi connectivity index (χ4v) is 3.34. The van der Waals surface area contributed by atoms with Crippen molar-refractivity contribution in [2.45, 2.75) is 31.3 Å². The summed E-state index contributed by atoms with van der Waals surface area (Å²) in [5.41, 5.74) is 1.28. The number of hydrogen-bond acceptors (Lipinski definition) is 4. The highest BCUT2D eigenvalue weighted by atomic mass is 16.2. The van der Waals surface area contributed by atoms with Gasteiger partial charge in [-0.15, -0.1) is 5.10 Å². The van der Waals surface area contributed by atoms with Crippen LogP contribution in [0.1, 0.15) is 29.8 Å². The summed E-state index contributed by atoms with van der Waals surface area (Å²) >= 11 is 0. The van der Waals surface area contributed by atoms with Crippen molar-refractivity contribution in [1.29, 1.82) is 0 Å². The van der Waals surface area contributed by atoms with Gasteiger partial charge in [0.05, 0.1) is 11.9 Å². The first-order chi connectivity index (χ1) is 10.8. The van der Waals surface area contributed by atoms with Gasteiger partial charge in [-0.05, 0) is 31.4 Å². The minimum Gasteiger partial charge on any atom is -0.336 e. The summed E-state index contributed by atoms with van der Waals surface area (Å²) in [6, 6.07) is 10.6. The van der Waals surface area contributed by atoms with E-state index in [0.29, 0.717) is 17.8 Å². The molecule has 114 valence electrons. The maximum atomic E-state index is 12.7. The van der Waals surface area contributed by atoms with E-state index in [2.05, 4.69) is 15.5 Å². The molecule has 0 aliphatic carbocycles. The van der Waals surface area contributed by atoms with Crippen LogP contribution in [0.3, 0.4) is 0 Å². The van der Waals surface area contributed by atoms with Gasteiger partial charge in [0.15, 0.2) is 5.69 Å². The summed E-state index contributed by atoms with van der Waals surface area (Å²) in [6.45, 7) is 1.57. The van der Waals surface area contributed by atoms with Crippen molar-refractivity contribution in [3.05, 3.63) is 42.2 Å². The third kappa shape index (κ3) is 2.50. The Bertz CT molecular complexity index is 668. The Morgan fingerprint density at radius 2 is 1.95 bits per heavy atom. The molecule has 2 atom stereocenters. The second-order valence-corrected chi connectivity index (χ2v) is 6.03.